The van der Waals surface area contributed by atoms with Gasteiger partial charge in [0.2, 0.25) is 11.8 Å². The normalized spacial score (nSPS) is 16.8. The monoisotopic (exact) mass is 432 g/mol. The van der Waals surface area contributed by atoms with Gasteiger partial charge in [-0.3, -0.25) is 9.48 Å². The molecule has 9 heteroatoms. The summed E-state index contributed by atoms with van der Waals surface area (Å²) in [6, 6.07) is 11.0. The highest BCUT2D eigenvalue weighted by Crippen LogP contribution is 2.32. The van der Waals surface area contributed by atoms with Crippen molar-refractivity contribution in [1.82, 2.24) is 30.0 Å². The molecule has 3 aromatic heterocycles. The molecule has 1 amide bonds. The van der Waals surface area contributed by atoms with E-state index in [1.807, 2.05) is 43.5 Å². The molecule has 0 bridgehead atoms. The summed E-state index contributed by atoms with van der Waals surface area (Å²) < 4.78 is 13.2. The van der Waals surface area contributed by atoms with Gasteiger partial charge in [0.15, 0.2) is 11.5 Å². The van der Waals surface area contributed by atoms with Crippen LogP contribution in [0.3, 0.4) is 0 Å². The molecule has 4 heterocycles. The van der Waals surface area contributed by atoms with E-state index in [9.17, 15) is 4.79 Å². The third-order valence-corrected chi connectivity index (χ3v) is 5.62. The lowest BCUT2D eigenvalue weighted by molar-refractivity contribution is 0.0642. The fourth-order valence-corrected chi connectivity index (χ4v) is 4.02. The van der Waals surface area contributed by atoms with Crippen molar-refractivity contribution in [3.8, 4) is 11.5 Å². The van der Waals surface area contributed by atoms with E-state index in [0.717, 1.165) is 36.8 Å². The van der Waals surface area contributed by atoms with Crippen LogP contribution in [-0.4, -0.2) is 42.5 Å². The van der Waals surface area contributed by atoms with Gasteiger partial charge in [0, 0.05) is 24.4 Å². The zero-order chi connectivity index (χ0) is 21.9. The Labute approximate surface area is 185 Å². The molecule has 1 aliphatic heterocycles. The molecule has 1 fully saturated rings. The van der Waals surface area contributed by atoms with Gasteiger partial charge in [-0.1, -0.05) is 36.2 Å². The van der Waals surface area contributed by atoms with Crippen LogP contribution in [0, 0.1) is 6.92 Å². The molecule has 0 spiro atoms. The van der Waals surface area contributed by atoms with Gasteiger partial charge >= 0.3 is 0 Å². The highest BCUT2D eigenvalue weighted by atomic mass is 16.5. The maximum atomic E-state index is 13.4. The summed E-state index contributed by atoms with van der Waals surface area (Å²) in [6.45, 7) is 2.99. The van der Waals surface area contributed by atoms with Crippen LogP contribution in [0.4, 0.5) is 0 Å². The smallest absolute Gasteiger partial charge is 0.276 e. The topological polar surface area (TPSA) is 103 Å². The van der Waals surface area contributed by atoms with Gasteiger partial charge in [-0.05, 0) is 37.5 Å². The van der Waals surface area contributed by atoms with Crippen LogP contribution in [0.25, 0.3) is 11.5 Å². The van der Waals surface area contributed by atoms with Crippen molar-refractivity contribution in [2.24, 2.45) is 0 Å². The van der Waals surface area contributed by atoms with Gasteiger partial charge in [0.25, 0.3) is 5.91 Å². The van der Waals surface area contributed by atoms with Crippen molar-refractivity contribution in [2.45, 2.75) is 45.2 Å². The number of rotatable bonds is 5. The molecule has 1 aromatic carbocycles. The van der Waals surface area contributed by atoms with Crippen LogP contribution in [-0.2, 0) is 6.54 Å². The van der Waals surface area contributed by atoms with Crippen molar-refractivity contribution in [2.75, 3.05) is 6.54 Å². The van der Waals surface area contributed by atoms with Crippen LogP contribution in [0.5, 0.6) is 0 Å². The van der Waals surface area contributed by atoms with Gasteiger partial charge < -0.3 is 13.8 Å². The number of amides is 1. The van der Waals surface area contributed by atoms with Crippen molar-refractivity contribution >= 4 is 5.91 Å². The Kier molecular flexibility index (Phi) is 5.53. The number of nitrogens with zero attached hydrogens (tertiary/aromatic N) is 6. The SMILES string of the molecule is Cc1cnn(Cc2cc(C(=O)N3CCCCCC3c3nnc(-c4ccccc4)o3)no2)c1. The minimum atomic E-state index is -0.288. The number of carbonyl (C=O) groups is 1. The summed E-state index contributed by atoms with van der Waals surface area (Å²) in [7, 11) is 0. The molecule has 9 nitrogen and oxygen atoms in total. The molecule has 1 aliphatic rings. The first kappa shape index (κ1) is 20.2. The van der Waals surface area contributed by atoms with Gasteiger partial charge in [-0.2, -0.15) is 5.10 Å². The summed E-state index contributed by atoms with van der Waals surface area (Å²) in [5.74, 6) is 1.29. The third-order valence-electron chi connectivity index (χ3n) is 5.62. The first-order chi connectivity index (χ1) is 15.7. The van der Waals surface area contributed by atoms with Gasteiger partial charge in [-0.25, -0.2) is 0 Å². The van der Waals surface area contributed by atoms with Crippen LogP contribution in [0.15, 0.2) is 57.7 Å². The molecule has 4 aromatic rings. The average molecular weight is 432 g/mol. The molecule has 0 N–H and O–H groups in total. The predicted molar refractivity (Wildman–Crippen MR) is 115 cm³/mol. The summed E-state index contributed by atoms with van der Waals surface area (Å²) in [6.07, 6.45) is 7.40. The van der Waals surface area contributed by atoms with Crippen LogP contribution in [0.2, 0.25) is 0 Å². The van der Waals surface area contributed by atoms with Crippen molar-refractivity contribution in [3.05, 3.63) is 71.7 Å². The lowest BCUT2D eigenvalue weighted by Gasteiger charge is -2.26. The lowest BCUT2D eigenvalue weighted by atomic mass is 10.1. The zero-order valence-electron chi connectivity index (χ0n) is 17.8. The highest BCUT2D eigenvalue weighted by Gasteiger charge is 2.33. The average Bonchev–Trinajstić information content (AvgIpc) is 3.53. The second-order valence-corrected chi connectivity index (χ2v) is 8.07. The number of aryl methyl sites for hydroxylation is 1. The van der Waals surface area contributed by atoms with E-state index in [1.165, 1.54) is 0 Å². The number of likely N-dealkylation sites (tertiary alicyclic amines) is 1. The van der Waals surface area contributed by atoms with Crippen LogP contribution < -0.4 is 0 Å². The molecule has 0 radical (unpaired) electrons. The number of hydrogen-bond donors (Lipinski definition) is 0. The quantitative estimate of drug-likeness (QED) is 0.469. The largest absolute Gasteiger partial charge is 0.418 e. The van der Waals surface area contributed by atoms with E-state index in [-0.39, 0.29) is 17.6 Å². The fraction of sp³-hybridized carbons (Fsp3) is 0.348. The first-order valence-electron chi connectivity index (χ1n) is 10.8. The summed E-state index contributed by atoms with van der Waals surface area (Å²) in [5.41, 5.74) is 2.19. The third kappa shape index (κ3) is 4.18. The Morgan fingerprint density at radius 2 is 2.03 bits per heavy atom. The molecule has 5 rings (SSSR count). The number of benzene rings is 1. The van der Waals surface area contributed by atoms with E-state index in [1.54, 1.807) is 21.8 Å². The molecule has 164 valence electrons. The molecule has 0 saturated carbocycles. The highest BCUT2D eigenvalue weighted by molar-refractivity contribution is 5.92. The van der Waals surface area contributed by atoms with Gasteiger partial charge in [0.1, 0.15) is 12.6 Å². The van der Waals surface area contributed by atoms with E-state index in [2.05, 4.69) is 20.5 Å². The van der Waals surface area contributed by atoms with E-state index >= 15 is 0 Å². The van der Waals surface area contributed by atoms with Crippen LogP contribution >= 0.6 is 0 Å². The molecule has 1 saturated heterocycles. The fourth-order valence-electron chi connectivity index (χ4n) is 4.02. The maximum absolute atomic E-state index is 13.4. The van der Waals surface area contributed by atoms with Gasteiger partial charge in [-0.15, -0.1) is 10.2 Å². The molecule has 32 heavy (non-hydrogen) atoms. The summed E-state index contributed by atoms with van der Waals surface area (Å²) in [4.78, 5) is 15.2. The predicted octanol–water partition coefficient (Wildman–Crippen LogP) is 4.04. The van der Waals surface area contributed by atoms with Gasteiger partial charge in [0.05, 0.1) is 6.20 Å². The summed E-state index contributed by atoms with van der Waals surface area (Å²) >= 11 is 0. The molecule has 0 aliphatic carbocycles. The zero-order valence-corrected chi connectivity index (χ0v) is 17.8. The molecular formula is C23H24N6O3. The van der Waals surface area contributed by atoms with Crippen molar-refractivity contribution in [1.29, 1.82) is 0 Å². The summed E-state index contributed by atoms with van der Waals surface area (Å²) in [5, 5.41) is 16.8. The minimum Gasteiger partial charge on any atom is -0.418 e. The second kappa shape index (κ2) is 8.78. The Morgan fingerprint density at radius 1 is 1.16 bits per heavy atom. The first-order valence-corrected chi connectivity index (χ1v) is 10.8. The van der Waals surface area contributed by atoms with Crippen molar-refractivity contribution in [3.63, 3.8) is 0 Å². The Morgan fingerprint density at radius 3 is 2.84 bits per heavy atom. The maximum Gasteiger partial charge on any atom is 0.276 e. The Hall–Kier alpha value is -3.75. The number of carbonyl (C=O) groups excluding carboxylic acids is 1. The molecule has 1 atom stereocenters. The van der Waals surface area contributed by atoms with E-state index in [4.69, 9.17) is 8.94 Å². The Balaban J connectivity index is 1.37. The minimum absolute atomic E-state index is 0.192. The number of hydrogen-bond acceptors (Lipinski definition) is 7. The Bertz CT molecular complexity index is 1200. The standard InChI is InChI=1S/C23H24N6O3/c1-16-13-24-28(14-16)15-18-12-19(27-32-18)23(30)29-11-7-3-6-10-20(29)22-26-25-21(31-22)17-8-4-2-5-9-17/h2,4-5,8-9,12-14,20H,3,6-7,10-11,15H2,1H3. The second-order valence-electron chi connectivity index (χ2n) is 8.07. The van der Waals surface area contributed by atoms with E-state index in [0.29, 0.717) is 30.6 Å². The van der Waals surface area contributed by atoms with E-state index < -0.39 is 0 Å². The lowest BCUT2D eigenvalue weighted by Crippen LogP contribution is -2.35. The van der Waals surface area contributed by atoms with Crippen LogP contribution in [0.1, 0.15) is 59.4 Å². The number of aromatic nitrogens is 5. The van der Waals surface area contributed by atoms with Crippen molar-refractivity contribution < 1.29 is 13.7 Å². The molecular weight excluding hydrogens is 408 g/mol. The molecule has 1 unspecified atom stereocenters.